The normalized spacial score (nSPS) is 23.4. The Kier molecular flexibility index (Phi) is 4.48. The first kappa shape index (κ1) is 18.1. The van der Waals surface area contributed by atoms with Gasteiger partial charge in [-0.05, 0) is 28.5 Å². The molecule has 1 heterocycles. The highest BCUT2D eigenvalue weighted by atomic mass is 16.1. The predicted octanol–water partition coefficient (Wildman–Crippen LogP) is 4.04. The Morgan fingerprint density at radius 3 is 1.48 bits per heavy atom. The molecule has 1 saturated heterocycles. The zero-order valence-electron chi connectivity index (χ0n) is 16.7. The SMILES string of the molecule is CC(=O)NC1C2CN(C(c3ccccc3)(c3ccccc3)c3ccccc3)CC21. The molecule has 1 aliphatic heterocycles. The lowest BCUT2D eigenvalue weighted by atomic mass is 9.75. The zero-order chi connectivity index (χ0) is 19.8. The third kappa shape index (κ3) is 2.97. The maximum absolute atomic E-state index is 11.5. The fraction of sp³-hybridized carbons (Fsp3) is 0.269. The Morgan fingerprint density at radius 1 is 0.759 bits per heavy atom. The van der Waals surface area contributed by atoms with Gasteiger partial charge in [-0.25, -0.2) is 0 Å². The van der Waals surface area contributed by atoms with Crippen molar-refractivity contribution in [3.8, 4) is 0 Å². The molecule has 3 heteroatoms. The van der Waals surface area contributed by atoms with Crippen LogP contribution in [0.2, 0.25) is 0 Å². The van der Waals surface area contributed by atoms with Crippen LogP contribution in [-0.2, 0) is 10.3 Å². The summed E-state index contributed by atoms with van der Waals surface area (Å²) in [7, 11) is 0. The Labute approximate surface area is 172 Å². The average Bonchev–Trinajstić information content (AvgIpc) is 3.19. The largest absolute Gasteiger partial charge is 0.353 e. The summed E-state index contributed by atoms with van der Waals surface area (Å²) < 4.78 is 0. The van der Waals surface area contributed by atoms with Gasteiger partial charge in [0.2, 0.25) is 5.91 Å². The molecular formula is C26H26N2O. The second-order valence-corrected chi connectivity index (χ2v) is 8.27. The van der Waals surface area contributed by atoms with Crippen LogP contribution in [0.25, 0.3) is 0 Å². The van der Waals surface area contributed by atoms with E-state index >= 15 is 0 Å². The van der Waals surface area contributed by atoms with Crippen LogP contribution in [-0.4, -0.2) is 29.9 Å². The summed E-state index contributed by atoms with van der Waals surface area (Å²) in [4.78, 5) is 14.2. The molecule has 3 aromatic carbocycles. The van der Waals surface area contributed by atoms with Gasteiger partial charge in [-0.2, -0.15) is 0 Å². The molecule has 1 amide bonds. The lowest BCUT2D eigenvalue weighted by molar-refractivity contribution is -0.119. The minimum absolute atomic E-state index is 0.0800. The van der Waals surface area contributed by atoms with Crippen LogP contribution in [0, 0.1) is 11.8 Å². The lowest BCUT2D eigenvalue weighted by Crippen LogP contribution is -2.49. The molecule has 0 aromatic heterocycles. The smallest absolute Gasteiger partial charge is 0.217 e. The van der Waals surface area contributed by atoms with E-state index in [9.17, 15) is 4.79 Å². The van der Waals surface area contributed by atoms with Crippen LogP contribution in [0.15, 0.2) is 91.0 Å². The molecule has 29 heavy (non-hydrogen) atoms. The van der Waals surface area contributed by atoms with Gasteiger partial charge in [0.25, 0.3) is 0 Å². The van der Waals surface area contributed by atoms with Crippen molar-refractivity contribution in [2.24, 2.45) is 11.8 Å². The highest BCUT2D eigenvalue weighted by Crippen LogP contribution is 2.53. The van der Waals surface area contributed by atoms with E-state index in [0.717, 1.165) is 13.1 Å². The number of hydrogen-bond donors (Lipinski definition) is 1. The molecule has 3 aromatic rings. The van der Waals surface area contributed by atoms with E-state index in [0.29, 0.717) is 17.9 Å². The number of fused-ring (bicyclic) bond motifs is 1. The van der Waals surface area contributed by atoms with Crippen molar-refractivity contribution in [2.45, 2.75) is 18.5 Å². The molecule has 0 spiro atoms. The number of amides is 1. The topological polar surface area (TPSA) is 32.3 Å². The summed E-state index contributed by atoms with van der Waals surface area (Å²) in [5, 5.41) is 3.14. The van der Waals surface area contributed by atoms with Gasteiger partial charge < -0.3 is 5.32 Å². The average molecular weight is 383 g/mol. The van der Waals surface area contributed by atoms with Gasteiger partial charge in [0.1, 0.15) is 0 Å². The standard InChI is InChI=1S/C26H26N2O/c1-19(29)27-25-23-17-28(18-24(23)25)26(20-11-5-2-6-12-20,21-13-7-3-8-14-21)22-15-9-4-10-16-22/h2-16,23-25H,17-18H2,1H3,(H,27,29). The first-order valence-corrected chi connectivity index (χ1v) is 10.4. The molecule has 1 saturated carbocycles. The molecular weight excluding hydrogens is 356 g/mol. The van der Waals surface area contributed by atoms with Gasteiger partial charge >= 0.3 is 0 Å². The molecule has 2 fully saturated rings. The number of hydrogen-bond acceptors (Lipinski definition) is 2. The second kappa shape index (κ2) is 7.16. The van der Waals surface area contributed by atoms with Crippen LogP contribution in [0.3, 0.4) is 0 Å². The van der Waals surface area contributed by atoms with Crippen molar-refractivity contribution in [2.75, 3.05) is 13.1 Å². The van der Waals surface area contributed by atoms with Crippen molar-refractivity contribution in [3.05, 3.63) is 108 Å². The first-order valence-electron chi connectivity index (χ1n) is 10.4. The third-order valence-electron chi connectivity index (χ3n) is 6.61. The van der Waals surface area contributed by atoms with Gasteiger partial charge in [0.05, 0.1) is 5.54 Å². The Balaban J connectivity index is 1.63. The van der Waals surface area contributed by atoms with Gasteiger partial charge in [-0.1, -0.05) is 91.0 Å². The number of carbonyl (C=O) groups excluding carboxylic acids is 1. The number of nitrogens with zero attached hydrogens (tertiary/aromatic N) is 1. The predicted molar refractivity (Wildman–Crippen MR) is 115 cm³/mol. The van der Waals surface area contributed by atoms with Crippen LogP contribution in [0.4, 0.5) is 0 Å². The van der Waals surface area contributed by atoms with Crippen LogP contribution in [0.5, 0.6) is 0 Å². The third-order valence-corrected chi connectivity index (χ3v) is 6.61. The van der Waals surface area contributed by atoms with Gasteiger partial charge in [0, 0.05) is 26.1 Å². The molecule has 5 rings (SSSR count). The van der Waals surface area contributed by atoms with Crippen molar-refractivity contribution >= 4 is 5.91 Å². The number of benzene rings is 3. The van der Waals surface area contributed by atoms with E-state index in [4.69, 9.17) is 0 Å². The van der Waals surface area contributed by atoms with E-state index in [2.05, 4.69) is 101 Å². The Morgan fingerprint density at radius 2 is 1.14 bits per heavy atom. The van der Waals surface area contributed by atoms with Gasteiger partial charge in [0.15, 0.2) is 0 Å². The van der Waals surface area contributed by atoms with Crippen LogP contribution in [0.1, 0.15) is 23.6 Å². The molecule has 3 nitrogen and oxygen atoms in total. The van der Waals surface area contributed by atoms with Crippen LogP contribution < -0.4 is 5.32 Å². The van der Waals surface area contributed by atoms with E-state index in [1.165, 1.54) is 16.7 Å². The minimum Gasteiger partial charge on any atom is -0.353 e. The van der Waals surface area contributed by atoms with E-state index in [1.807, 2.05) is 0 Å². The lowest BCUT2D eigenvalue weighted by Gasteiger charge is -2.45. The Bertz CT molecular complexity index is 878. The van der Waals surface area contributed by atoms with E-state index in [-0.39, 0.29) is 11.4 Å². The van der Waals surface area contributed by atoms with Crippen molar-refractivity contribution in [3.63, 3.8) is 0 Å². The van der Waals surface area contributed by atoms with Gasteiger partial charge in [-0.3, -0.25) is 9.69 Å². The number of carbonyl (C=O) groups is 1. The summed E-state index contributed by atoms with van der Waals surface area (Å²) >= 11 is 0. The maximum Gasteiger partial charge on any atom is 0.217 e. The molecule has 2 atom stereocenters. The molecule has 0 bridgehead atoms. The fourth-order valence-electron chi connectivity index (χ4n) is 5.33. The fourth-order valence-corrected chi connectivity index (χ4v) is 5.33. The van der Waals surface area contributed by atoms with Gasteiger partial charge in [-0.15, -0.1) is 0 Å². The number of piperidine rings is 1. The maximum atomic E-state index is 11.5. The molecule has 146 valence electrons. The number of likely N-dealkylation sites (tertiary alicyclic amines) is 1. The molecule has 1 aliphatic carbocycles. The monoisotopic (exact) mass is 382 g/mol. The summed E-state index contributed by atoms with van der Waals surface area (Å²) in [6.45, 7) is 3.58. The zero-order valence-corrected chi connectivity index (χ0v) is 16.7. The molecule has 2 aliphatic rings. The molecule has 2 unspecified atom stereocenters. The van der Waals surface area contributed by atoms with E-state index < -0.39 is 0 Å². The number of rotatable bonds is 5. The highest BCUT2D eigenvalue weighted by molar-refractivity contribution is 5.73. The first-order chi connectivity index (χ1) is 14.2. The summed E-state index contributed by atoms with van der Waals surface area (Å²) in [6.07, 6.45) is 0. The van der Waals surface area contributed by atoms with Crippen molar-refractivity contribution in [1.29, 1.82) is 0 Å². The highest BCUT2D eigenvalue weighted by Gasteiger charge is 2.60. The summed E-state index contributed by atoms with van der Waals surface area (Å²) in [5.74, 6) is 1.15. The quantitative estimate of drug-likeness (QED) is 0.676. The summed E-state index contributed by atoms with van der Waals surface area (Å²) in [5.41, 5.74) is 3.53. The molecule has 1 N–H and O–H groups in total. The summed E-state index contributed by atoms with van der Waals surface area (Å²) in [6, 6.07) is 32.8. The number of nitrogens with one attached hydrogen (secondary N) is 1. The Hall–Kier alpha value is -2.91. The second-order valence-electron chi connectivity index (χ2n) is 8.27. The minimum atomic E-state index is -0.335. The van der Waals surface area contributed by atoms with Crippen LogP contribution >= 0.6 is 0 Å². The van der Waals surface area contributed by atoms with Crippen molar-refractivity contribution < 1.29 is 4.79 Å². The van der Waals surface area contributed by atoms with Crippen molar-refractivity contribution in [1.82, 2.24) is 10.2 Å². The molecule has 0 radical (unpaired) electrons. The van der Waals surface area contributed by atoms with E-state index in [1.54, 1.807) is 6.92 Å².